The summed E-state index contributed by atoms with van der Waals surface area (Å²) in [6.45, 7) is 5.68. The molecule has 0 amide bonds. The summed E-state index contributed by atoms with van der Waals surface area (Å²) >= 11 is 0. The molecule has 458 valence electrons. The van der Waals surface area contributed by atoms with E-state index in [4.69, 9.17) is 55.5 Å². The van der Waals surface area contributed by atoms with E-state index in [2.05, 4.69) is 15.0 Å². The van der Waals surface area contributed by atoms with Gasteiger partial charge in [0.1, 0.15) is 18.4 Å². The standard InChI is InChI=1S/C45H72N6O26P4/c1-27(2)10-6-14-67-78(59,60)71-26-38-36(19-32(73-38)25-50-22-29(4)41(54)47-44(50)57)76-80(63,64)69-15-7-11-33-35(18-31(72-33)24-49-21-28(3)40(53)46-43(49)56)75-79(61,62)68-16-8-12-34-37(77-81(65,66)70-17-9-13-52)20-39(74-34)51-23-30(5)42(55)48-45(51)58/h21-23,27,31-39,52H,6-20,24-26H2,1-5H3,(H,59,60)(H,61,62)(H,63,64)(H,65,66)(H,46,53,56)(H,47,54,57)(H,48,55,58)/t31-,32-,33-,34-,35?,36?,37?,38-,39-/m1/s1. The second-order valence-electron chi connectivity index (χ2n) is 20.2. The fraction of sp³-hybridized carbons (Fsp3) is 0.733. The highest BCUT2D eigenvalue weighted by molar-refractivity contribution is 7.48. The van der Waals surface area contributed by atoms with E-state index in [1.807, 2.05) is 13.8 Å². The van der Waals surface area contributed by atoms with Crippen molar-refractivity contribution in [1.29, 1.82) is 0 Å². The summed E-state index contributed by atoms with van der Waals surface area (Å²) in [5.74, 6) is 0.309. The average Bonchev–Trinajstić information content (AvgIpc) is 4.18. The molecule has 32 nitrogen and oxygen atoms in total. The number of aliphatic hydroxyl groups is 1. The van der Waals surface area contributed by atoms with Gasteiger partial charge in [-0.05, 0) is 71.6 Å². The number of aromatic nitrogens is 6. The van der Waals surface area contributed by atoms with E-state index < -0.39 is 140 Å². The number of hydrogen-bond acceptors (Lipinski definition) is 22. The molecule has 8 N–H and O–H groups in total. The van der Waals surface area contributed by atoms with Gasteiger partial charge in [0.25, 0.3) is 16.7 Å². The Labute approximate surface area is 462 Å². The normalized spacial score (nSPS) is 26.1. The Bertz CT molecular complexity index is 3160. The molecule has 3 fully saturated rings. The van der Waals surface area contributed by atoms with Gasteiger partial charge >= 0.3 is 48.4 Å². The SMILES string of the molecule is Cc1cn(C[C@H]2CC(OP(=O)(O)OCCC[C@H]3O[C@@H](n4cc(C)c(=O)[nH]c4=O)CC3OP(=O)(O)OCCCO)[C@@H](CCCOP(=O)(O)OC3C[C@H](Cn4cc(C)c(=O)[nH]c4=O)O[C@@H]3COP(=O)(O)OCCCC(C)C)O2)c(=O)[nH]c1=O. The third-order valence-corrected chi connectivity index (χ3v) is 17.2. The van der Waals surface area contributed by atoms with Gasteiger partial charge in [-0.1, -0.05) is 13.8 Å². The average molecular weight is 1240 g/mol. The summed E-state index contributed by atoms with van der Waals surface area (Å²) in [6.07, 6.45) is -5.54. The first-order valence-corrected chi connectivity index (χ1v) is 32.1. The van der Waals surface area contributed by atoms with Crippen molar-refractivity contribution in [2.75, 3.05) is 39.6 Å². The van der Waals surface area contributed by atoms with Crippen LogP contribution in [0.15, 0.2) is 47.4 Å². The van der Waals surface area contributed by atoms with Crippen LogP contribution in [0.2, 0.25) is 0 Å². The largest absolute Gasteiger partial charge is 0.472 e. The molecule has 0 aliphatic carbocycles. The molecular formula is C45H72N6O26P4. The lowest BCUT2D eigenvalue weighted by Gasteiger charge is -2.23. The highest BCUT2D eigenvalue weighted by Gasteiger charge is 2.45. The molecule has 6 heterocycles. The van der Waals surface area contributed by atoms with E-state index in [9.17, 15) is 66.6 Å². The van der Waals surface area contributed by atoms with Gasteiger partial charge in [0, 0.05) is 61.2 Å². The van der Waals surface area contributed by atoms with Gasteiger partial charge in [-0.2, -0.15) is 0 Å². The Kier molecular flexibility index (Phi) is 24.1. The monoisotopic (exact) mass is 1240 g/mol. The number of phosphoric ester groups is 4. The van der Waals surface area contributed by atoms with Crippen molar-refractivity contribution >= 4 is 31.3 Å². The summed E-state index contributed by atoms with van der Waals surface area (Å²) in [6, 6.07) is 0. The Morgan fingerprint density at radius 3 is 1.44 bits per heavy atom. The molecule has 3 aliphatic heterocycles. The Morgan fingerprint density at radius 1 is 0.543 bits per heavy atom. The first-order chi connectivity index (χ1) is 38.0. The number of nitrogens with one attached hydrogen (secondary N) is 3. The quantitative estimate of drug-likeness (QED) is 0.0320. The van der Waals surface area contributed by atoms with Crippen molar-refractivity contribution in [3.8, 4) is 0 Å². The molecule has 7 unspecified atom stereocenters. The lowest BCUT2D eigenvalue weighted by molar-refractivity contribution is -0.0297. The molecule has 0 spiro atoms. The van der Waals surface area contributed by atoms with Crippen LogP contribution < -0.4 is 33.7 Å². The summed E-state index contributed by atoms with van der Waals surface area (Å²) in [5, 5.41) is 9.08. The van der Waals surface area contributed by atoms with Gasteiger partial charge in [-0.15, -0.1) is 0 Å². The number of phosphoric acid groups is 4. The van der Waals surface area contributed by atoms with Gasteiger partial charge in [-0.3, -0.25) is 79.2 Å². The Hall–Kier alpha value is -3.68. The maximum Gasteiger partial charge on any atom is 0.472 e. The molecule has 81 heavy (non-hydrogen) atoms. The highest BCUT2D eigenvalue weighted by atomic mass is 31.2. The molecule has 3 saturated heterocycles. The predicted octanol–water partition coefficient (Wildman–Crippen LogP) is 2.18. The van der Waals surface area contributed by atoms with Crippen LogP contribution in [0.5, 0.6) is 0 Å². The number of H-pyrrole nitrogens is 3. The fourth-order valence-corrected chi connectivity index (χ4v) is 12.8. The fourth-order valence-electron chi connectivity index (χ4n) is 9.10. The molecule has 3 aliphatic rings. The summed E-state index contributed by atoms with van der Waals surface area (Å²) in [4.78, 5) is 123. The van der Waals surface area contributed by atoms with E-state index >= 15 is 0 Å². The maximum absolute atomic E-state index is 13.6. The zero-order valence-electron chi connectivity index (χ0n) is 45.2. The minimum atomic E-state index is -5.00. The van der Waals surface area contributed by atoms with Gasteiger partial charge < -0.3 is 38.9 Å². The van der Waals surface area contributed by atoms with Crippen molar-refractivity contribution in [2.24, 2.45) is 5.92 Å². The van der Waals surface area contributed by atoms with E-state index in [1.165, 1.54) is 43.9 Å². The summed E-state index contributed by atoms with van der Waals surface area (Å²) in [7, 11) is -19.4. The predicted molar refractivity (Wildman–Crippen MR) is 281 cm³/mol. The van der Waals surface area contributed by atoms with Crippen molar-refractivity contribution < 1.29 is 93.3 Å². The number of aryl methyl sites for hydroxylation is 3. The van der Waals surface area contributed by atoms with Crippen LogP contribution in [0.3, 0.4) is 0 Å². The minimum absolute atomic E-state index is 0.0242. The van der Waals surface area contributed by atoms with Gasteiger partial charge in [0.15, 0.2) is 0 Å². The second kappa shape index (κ2) is 29.4. The number of nitrogens with zero attached hydrogens (tertiary/aromatic N) is 3. The molecule has 3 aromatic heterocycles. The lowest BCUT2D eigenvalue weighted by Crippen LogP contribution is -2.34. The Morgan fingerprint density at radius 2 is 0.951 bits per heavy atom. The van der Waals surface area contributed by atoms with Gasteiger partial charge in [0.05, 0.1) is 82.7 Å². The lowest BCUT2D eigenvalue weighted by atomic mass is 10.1. The molecular weight excluding hydrogens is 1160 g/mol. The molecule has 6 rings (SSSR count). The van der Waals surface area contributed by atoms with Crippen LogP contribution in [0.4, 0.5) is 0 Å². The molecule has 3 aromatic rings. The van der Waals surface area contributed by atoms with Crippen molar-refractivity contribution in [3.63, 3.8) is 0 Å². The van der Waals surface area contributed by atoms with Crippen LogP contribution in [-0.4, -0.2) is 142 Å². The molecule has 0 aromatic carbocycles. The van der Waals surface area contributed by atoms with E-state index in [0.717, 1.165) is 9.13 Å². The first-order valence-electron chi connectivity index (χ1n) is 26.1. The molecule has 0 radical (unpaired) electrons. The van der Waals surface area contributed by atoms with Crippen LogP contribution in [0, 0.1) is 26.7 Å². The van der Waals surface area contributed by atoms with Gasteiger partial charge in [-0.25, -0.2) is 32.6 Å². The Balaban J connectivity index is 1.08. The topological polar surface area (TPSA) is 436 Å². The van der Waals surface area contributed by atoms with Crippen LogP contribution >= 0.6 is 31.3 Å². The minimum Gasteiger partial charge on any atom is -0.396 e. The number of rotatable bonds is 33. The van der Waals surface area contributed by atoms with Crippen LogP contribution in [-0.2, 0) is 81.8 Å². The number of ether oxygens (including phenoxy) is 3. The van der Waals surface area contributed by atoms with Crippen molar-refractivity contribution in [3.05, 3.63) is 97.8 Å². The summed E-state index contributed by atoms with van der Waals surface area (Å²) in [5.41, 5.74) is -3.61. The maximum atomic E-state index is 13.6. The van der Waals surface area contributed by atoms with Crippen molar-refractivity contribution in [1.82, 2.24) is 28.7 Å². The number of aromatic amines is 3. The zero-order valence-corrected chi connectivity index (χ0v) is 48.8. The molecule has 0 bridgehead atoms. The van der Waals surface area contributed by atoms with Crippen LogP contribution in [0.1, 0.15) is 101 Å². The van der Waals surface area contributed by atoms with Gasteiger partial charge in [0.2, 0.25) is 0 Å². The number of aliphatic hydroxyl groups excluding tert-OH is 1. The zero-order chi connectivity index (χ0) is 59.5. The third-order valence-electron chi connectivity index (χ3n) is 13.1. The van der Waals surface area contributed by atoms with E-state index in [1.54, 1.807) is 0 Å². The second-order valence-corrected chi connectivity index (χ2v) is 25.9. The smallest absolute Gasteiger partial charge is 0.396 e. The van der Waals surface area contributed by atoms with E-state index in [-0.39, 0.29) is 101 Å². The third kappa shape index (κ3) is 20.5. The molecule has 0 saturated carbocycles. The summed E-state index contributed by atoms with van der Waals surface area (Å²) < 4.78 is 117. The first kappa shape index (κ1) is 66.5. The van der Waals surface area contributed by atoms with Crippen molar-refractivity contribution in [2.45, 2.75) is 167 Å². The van der Waals surface area contributed by atoms with E-state index in [0.29, 0.717) is 18.8 Å². The molecule has 13 atom stereocenters. The molecule has 36 heteroatoms. The number of hydrogen-bond donors (Lipinski definition) is 8. The highest BCUT2D eigenvalue weighted by Crippen LogP contribution is 2.52. The van der Waals surface area contributed by atoms with Crippen LogP contribution in [0.25, 0.3) is 0 Å².